The molecule has 2 aromatic carbocycles. The molecule has 5 aromatic rings. The molecule has 40 heavy (non-hydrogen) atoms. The largest absolute Gasteiger partial charge is 0.462 e. The fraction of sp³-hybridized carbons (Fsp3) is 0.355. The zero-order chi connectivity index (χ0) is 28.8. The molecule has 3 heterocycles. The predicted molar refractivity (Wildman–Crippen MR) is 162 cm³/mol. The van der Waals surface area contributed by atoms with Crippen molar-refractivity contribution < 1.29 is 14.3 Å². The minimum absolute atomic E-state index is 0.0897. The highest BCUT2D eigenvalue weighted by Crippen LogP contribution is 2.44. The van der Waals surface area contributed by atoms with Crippen LogP contribution in [0, 0.1) is 12.3 Å². The number of aryl methyl sites for hydroxylation is 1. The lowest BCUT2D eigenvalue weighted by Crippen LogP contribution is -2.30. The zero-order valence-corrected chi connectivity index (χ0v) is 25.3. The van der Waals surface area contributed by atoms with Crippen LogP contribution in [0.3, 0.4) is 0 Å². The summed E-state index contributed by atoms with van der Waals surface area (Å²) in [7, 11) is 0. The van der Waals surface area contributed by atoms with Crippen LogP contribution in [-0.4, -0.2) is 38.3 Å². The molecule has 0 aliphatic rings. The van der Waals surface area contributed by atoms with Gasteiger partial charge in [0, 0.05) is 22.3 Å². The van der Waals surface area contributed by atoms with Crippen LogP contribution in [0.15, 0.2) is 48.8 Å². The SMILES string of the molecule is Cc1cc2nc(-c3cnc4cn[nH]c4c3)sc2c(-c2ccc(Cl)cc2)c1[C@@H](COC(=O)C(C)(C)C)OC(C)(C)C. The van der Waals surface area contributed by atoms with E-state index >= 15 is 0 Å². The number of nitrogens with one attached hydrogen (secondary N) is 1. The number of aromatic amines is 1. The first-order valence-electron chi connectivity index (χ1n) is 13.1. The summed E-state index contributed by atoms with van der Waals surface area (Å²) in [5.74, 6) is -0.274. The van der Waals surface area contributed by atoms with E-state index in [9.17, 15) is 4.79 Å². The normalized spacial score (nSPS) is 13.2. The van der Waals surface area contributed by atoms with Gasteiger partial charge in [-0.3, -0.25) is 14.9 Å². The number of hydrogen-bond donors (Lipinski definition) is 1. The van der Waals surface area contributed by atoms with Gasteiger partial charge in [-0.15, -0.1) is 11.3 Å². The summed E-state index contributed by atoms with van der Waals surface area (Å²) in [5, 5.41) is 8.58. The van der Waals surface area contributed by atoms with Crippen molar-refractivity contribution in [3.05, 3.63) is 64.9 Å². The van der Waals surface area contributed by atoms with Crippen molar-refractivity contribution in [1.82, 2.24) is 20.2 Å². The number of carbonyl (C=O) groups excluding carboxylic acids is 1. The molecule has 5 rings (SSSR count). The highest BCUT2D eigenvalue weighted by molar-refractivity contribution is 7.22. The Morgan fingerprint density at radius 1 is 1.02 bits per heavy atom. The molecule has 0 saturated heterocycles. The Morgan fingerprint density at radius 3 is 2.42 bits per heavy atom. The molecule has 1 atom stereocenters. The summed E-state index contributed by atoms with van der Waals surface area (Å²) in [6, 6.07) is 11.9. The van der Waals surface area contributed by atoms with Gasteiger partial charge in [-0.25, -0.2) is 4.98 Å². The zero-order valence-electron chi connectivity index (χ0n) is 23.8. The Hall–Kier alpha value is -3.33. The Balaban J connectivity index is 1.71. The third-order valence-corrected chi connectivity index (χ3v) is 7.78. The van der Waals surface area contributed by atoms with Crippen molar-refractivity contribution in [2.24, 2.45) is 5.41 Å². The van der Waals surface area contributed by atoms with E-state index in [2.05, 4.69) is 28.2 Å². The molecular weight excluding hydrogens is 544 g/mol. The van der Waals surface area contributed by atoms with E-state index in [0.717, 1.165) is 54.1 Å². The number of thiazole rings is 1. The maximum atomic E-state index is 12.8. The van der Waals surface area contributed by atoms with Crippen molar-refractivity contribution in [2.45, 2.75) is 60.2 Å². The average molecular weight is 577 g/mol. The Kier molecular flexibility index (Phi) is 7.46. The summed E-state index contributed by atoms with van der Waals surface area (Å²) < 4.78 is 13.4. The molecule has 0 saturated carbocycles. The fourth-order valence-electron chi connectivity index (χ4n) is 4.57. The maximum absolute atomic E-state index is 12.8. The predicted octanol–water partition coefficient (Wildman–Crippen LogP) is 8.31. The van der Waals surface area contributed by atoms with E-state index in [1.54, 1.807) is 17.5 Å². The lowest BCUT2D eigenvalue weighted by Gasteiger charge is -2.31. The number of rotatable bonds is 6. The van der Waals surface area contributed by atoms with Crippen LogP contribution in [0.5, 0.6) is 0 Å². The molecule has 0 radical (unpaired) electrons. The number of pyridine rings is 1. The van der Waals surface area contributed by atoms with Gasteiger partial charge in [-0.2, -0.15) is 5.10 Å². The van der Waals surface area contributed by atoms with Gasteiger partial charge in [0.05, 0.1) is 32.9 Å². The second-order valence-corrected chi connectivity index (χ2v) is 13.4. The van der Waals surface area contributed by atoms with Crippen LogP contribution in [0.4, 0.5) is 0 Å². The van der Waals surface area contributed by atoms with Gasteiger partial charge in [-0.05, 0) is 89.4 Å². The number of halogens is 1. The maximum Gasteiger partial charge on any atom is 0.311 e. The van der Waals surface area contributed by atoms with E-state index in [-0.39, 0.29) is 12.6 Å². The summed E-state index contributed by atoms with van der Waals surface area (Å²) in [5.41, 5.74) is 6.26. The minimum atomic E-state index is -0.624. The lowest BCUT2D eigenvalue weighted by atomic mass is 9.91. The summed E-state index contributed by atoms with van der Waals surface area (Å²) in [4.78, 5) is 22.3. The molecule has 0 aliphatic carbocycles. The third kappa shape index (κ3) is 5.89. The minimum Gasteiger partial charge on any atom is -0.462 e. The van der Waals surface area contributed by atoms with Crippen LogP contribution in [0.2, 0.25) is 5.02 Å². The van der Waals surface area contributed by atoms with E-state index in [4.69, 9.17) is 26.1 Å². The average Bonchev–Trinajstić information content (AvgIpc) is 3.51. The second kappa shape index (κ2) is 10.6. The smallest absolute Gasteiger partial charge is 0.311 e. The van der Waals surface area contributed by atoms with Crippen molar-refractivity contribution in [3.63, 3.8) is 0 Å². The molecule has 7 nitrogen and oxygen atoms in total. The summed E-state index contributed by atoms with van der Waals surface area (Å²) in [6.45, 7) is 13.7. The van der Waals surface area contributed by atoms with E-state index in [1.165, 1.54) is 0 Å². The van der Waals surface area contributed by atoms with Gasteiger partial charge in [-0.1, -0.05) is 23.7 Å². The number of H-pyrrole nitrogens is 1. The highest BCUT2D eigenvalue weighted by Gasteiger charge is 2.31. The van der Waals surface area contributed by atoms with E-state index < -0.39 is 17.1 Å². The third-order valence-electron chi connectivity index (χ3n) is 6.39. The number of fused-ring (bicyclic) bond motifs is 2. The van der Waals surface area contributed by atoms with Gasteiger partial charge >= 0.3 is 5.97 Å². The number of hydrogen-bond acceptors (Lipinski definition) is 7. The van der Waals surface area contributed by atoms with E-state index in [1.807, 2.05) is 78.1 Å². The number of esters is 1. The number of aromatic nitrogens is 4. The number of ether oxygens (including phenoxy) is 2. The number of nitrogens with zero attached hydrogens (tertiary/aromatic N) is 3. The fourth-order valence-corrected chi connectivity index (χ4v) is 5.80. The van der Waals surface area contributed by atoms with Gasteiger partial charge in [0.1, 0.15) is 23.2 Å². The van der Waals surface area contributed by atoms with Crippen LogP contribution >= 0.6 is 22.9 Å². The molecule has 9 heteroatoms. The molecular formula is C31H33ClN4O3S. The Bertz CT molecular complexity index is 1690. The standard InChI is InChI=1S/C31H33ClN4O3S/c1-17-12-22-27(40-28(35-22)19-13-21-23(33-14-19)15-34-36-21)26(18-8-10-20(32)11-9-18)25(17)24(39-31(5,6)7)16-38-29(37)30(2,3)4/h8-15,24H,16H2,1-7H3,(H,34,36)/t24-/m1/s1. The Morgan fingerprint density at radius 2 is 1.75 bits per heavy atom. The first-order chi connectivity index (χ1) is 18.8. The molecule has 0 amide bonds. The van der Waals surface area contributed by atoms with Crippen molar-refractivity contribution in [2.75, 3.05) is 6.61 Å². The lowest BCUT2D eigenvalue weighted by molar-refractivity contribution is -0.162. The second-order valence-electron chi connectivity index (χ2n) is 12.0. The molecule has 0 aliphatic heterocycles. The molecule has 0 bridgehead atoms. The topological polar surface area (TPSA) is 90.0 Å². The molecule has 0 unspecified atom stereocenters. The van der Waals surface area contributed by atoms with Crippen LogP contribution in [-0.2, 0) is 14.3 Å². The first kappa shape index (κ1) is 28.2. The van der Waals surface area contributed by atoms with Gasteiger partial charge in [0.15, 0.2) is 0 Å². The Labute approximate surface area is 242 Å². The van der Waals surface area contributed by atoms with Gasteiger partial charge < -0.3 is 9.47 Å². The number of benzene rings is 2. The van der Waals surface area contributed by atoms with Crippen molar-refractivity contribution >= 4 is 50.2 Å². The van der Waals surface area contributed by atoms with Crippen molar-refractivity contribution in [1.29, 1.82) is 0 Å². The van der Waals surface area contributed by atoms with E-state index in [0.29, 0.717) is 5.02 Å². The monoisotopic (exact) mass is 576 g/mol. The van der Waals surface area contributed by atoms with Gasteiger partial charge in [0.25, 0.3) is 0 Å². The van der Waals surface area contributed by atoms with Crippen LogP contribution in [0.25, 0.3) is 42.9 Å². The summed E-state index contributed by atoms with van der Waals surface area (Å²) >= 11 is 7.87. The molecule has 1 N–H and O–H groups in total. The highest BCUT2D eigenvalue weighted by atomic mass is 35.5. The molecule has 3 aromatic heterocycles. The molecule has 0 fully saturated rings. The quantitative estimate of drug-likeness (QED) is 0.204. The van der Waals surface area contributed by atoms with Crippen LogP contribution in [0.1, 0.15) is 58.8 Å². The first-order valence-corrected chi connectivity index (χ1v) is 14.3. The van der Waals surface area contributed by atoms with Crippen LogP contribution < -0.4 is 0 Å². The van der Waals surface area contributed by atoms with Crippen molar-refractivity contribution in [3.8, 4) is 21.7 Å². The van der Waals surface area contributed by atoms with Gasteiger partial charge in [0.2, 0.25) is 0 Å². The molecule has 0 spiro atoms. The summed E-state index contributed by atoms with van der Waals surface area (Å²) in [6.07, 6.45) is 3.02. The number of carbonyl (C=O) groups is 1. The molecule has 208 valence electrons.